The van der Waals surface area contributed by atoms with Gasteiger partial charge in [-0.15, -0.1) is 0 Å². The molecule has 2 aromatic carbocycles. The molecule has 30 heavy (non-hydrogen) atoms. The van der Waals surface area contributed by atoms with Crippen molar-refractivity contribution in [1.29, 1.82) is 0 Å². The Balaban J connectivity index is 1.21. The van der Waals surface area contributed by atoms with Crippen LogP contribution >= 0.6 is 0 Å². The van der Waals surface area contributed by atoms with E-state index in [-0.39, 0.29) is 5.91 Å². The van der Waals surface area contributed by atoms with E-state index in [9.17, 15) is 4.79 Å². The largest absolute Gasteiger partial charge is 0.493 e. The fourth-order valence-corrected chi connectivity index (χ4v) is 4.41. The Morgan fingerprint density at radius 1 is 0.933 bits per heavy atom. The van der Waals surface area contributed by atoms with E-state index in [0.29, 0.717) is 6.61 Å². The molecule has 1 aliphatic carbocycles. The molecule has 2 aliphatic rings. The standard InChI is InChI=1S/C26H32N2O2/c1-2-26(29)28-16-14-27(15-17-28)20-22-9-7-21(8-10-22)13-18-30-25-12-11-23-5-3-4-6-24(23)19-25/h2,7-12,19H,1,3-6,13-18,20H2. The van der Waals surface area contributed by atoms with Crippen molar-refractivity contribution in [2.24, 2.45) is 0 Å². The molecule has 1 aliphatic heterocycles. The average Bonchev–Trinajstić information content (AvgIpc) is 2.80. The molecule has 0 atom stereocenters. The predicted molar refractivity (Wildman–Crippen MR) is 121 cm³/mol. The van der Waals surface area contributed by atoms with Gasteiger partial charge in [0.15, 0.2) is 0 Å². The summed E-state index contributed by atoms with van der Waals surface area (Å²) in [7, 11) is 0. The van der Waals surface area contributed by atoms with E-state index < -0.39 is 0 Å². The second-order valence-corrected chi connectivity index (χ2v) is 8.36. The third kappa shape index (κ3) is 5.31. The third-order valence-corrected chi connectivity index (χ3v) is 6.27. The number of nitrogens with zero attached hydrogens (tertiary/aromatic N) is 2. The molecule has 0 spiro atoms. The molecule has 1 amide bonds. The molecule has 0 N–H and O–H groups in total. The van der Waals surface area contributed by atoms with Crippen molar-refractivity contribution in [1.82, 2.24) is 9.80 Å². The van der Waals surface area contributed by atoms with Crippen molar-refractivity contribution in [3.8, 4) is 5.75 Å². The molecule has 4 nitrogen and oxygen atoms in total. The van der Waals surface area contributed by atoms with Crippen LogP contribution in [-0.4, -0.2) is 48.5 Å². The van der Waals surface area contributed by atoms with Gasteiger partial charge < -0.3 is 9.64 Å². The lowest BCUT2D eigenvalue weighted by molar-refractivity contribution is -0.127. The molecule has 0 aromatic heterocycles. The number of carbonyl (C=O) groups excluding carboxylic acids is 1. The molecule has 0 bridgehead atoms. The van der Waals surface area contributed by atoms with Gasteiger partial charge in [-0.25, -0.2) is 0 Å². The van der Waals surface area contributed by atoms with E-state index in [0.717, 1.165) is 44.9 Å². The number of hydrogen-bond donors (Lipinski definition) is 0. The maximum Gasteiger partial charge on any atom is 0.246 e. The Kier molecular flexibility index (Phi) is 6.85. The molecule has 1 heterocycles. The van der Waals surface area contributed by atoms with E-state index >= 15 is 0 Å². The van der Waals surface area contributed by atoms with Gasteiger partial charge in [0.1, 0.15) is 5.75 Å². The van der Waals surface area contributed by atoms with Crippen LogP contribution in [0.15, 0.2) is 55.1 Å². The Morgan fingerprint density at radius 3 is 2.37 bits per heavy atom. The summed E-state index contributed by atoms with van der Waals surface area (Å²) in [6, 6.07) is 15.5. The van der Waals surface area contributed by atoms with Crippen LogP contribution in [0.5, 0.6) is 5.75 Å². The molecule has 2 aromatic rings. The number of carbonyl (C=O) groups is 1. The van der Waals surface area contributed by atoms with Crippen LogP contribution in [0.4, 0.5) is 0 Å². The first-order valence-corrected chi connectivity index (χ1v) is 11.2. The molecule has 0 radical (unpaired) electrons. The summed E-state index contributed by atoms with van der Waals surface area (Å²) in [6.07, 6.45) is 7.33. The Hall–Kier alpha value is -2.59. The maximum atomic E-state index is 11.7. The van der Waals surface area contributed by atoms with E-state index in [2.05, 4.69) is 53.9 Å². The van der Waals surface area contributed by atoms with Crippen LogP contribution in [0.1, 0.15) is 35.1 Å². The zero-order valence-electron chi connectivity index (χ0n) is 17.8. The molecular formula is C26H32N2O2. The smallest absolute Gasteiger partial charge is 0.246 e. The summed E-state index contributed by atoms with van der Waals surface area (Å²) in [6.45, 7) is 8.60. The average molecular weight is 405 g/mol. The summed E-state index contributed by atoms with van der Waals surface area (Å²) in [5.74, 6) is 1.04. The zero-order chi connectivity index (χ0) is 20.8. The first-order valence-electron chi connectivity index (χ1n) is 11.2. The number of amides is 1. The summed E-state index contributed by atoms with van der Waals surface area (Å²) in [5.41, 5.74) is 5.59. The van der Waals surface area contributed by atoms with Crippen molar-refractivity contribution in [3.63, 3.8) is 0 Å². The molecular weight excluding hydrogens is 372 g/mol. The van der Waals surface area contributed by atoms with Crippen LogP contribution in [0, 0.1) is 0 Å². The fourth-order valence-electron chi connectivity index (χ4n) is 4.41. The minimum atomic E-state index is 0.0385. The van der Waals surface area contributed by atoms with Gasteiger partial charge in [-0.05, 0) is 66.1 Å². The Labute approximate surface area is 180 Å². The number of aryl methyl sites for hydroxylation is 2. The van der Waals surface area contributed by atoms with Crippen molar-refractivity contribution in [2.75, 3.05) is 32.8 Å². The molecule has 1 saturated heterocycles. The highest BCUT2D eigenvalue weighted by atomic mass is 16.5. The molecule has 4 rings (SSSR count). The third-order valence-electron chi connectivity index (χ3n) is 6.27. The van der Waals surface area contributed by atoms with Crippen LogP contribution in [0.3, 0.4) is 0 Å². The van der Waals surface area contributed by atoms with E-state index in [4.69, 9.17) is 4.74 Å². The highest BCUT2D eigenvalue weighted by Gasteiger charge is 2.19. The maximum absolute atomic E-state index is 11.7. The van der Waals surface area contributed by atoms with Gasteiger partial charge >= 0.3 is 0 Å². The topological polar surface area (TPSA) is 32.8 Å². The van der Waals surface area contributed by atoms with Gasteiger partial charge in [-0.1, -0.05) is 36.9 Å². The van der Waals surface area contributed by atoms with Gasteiger partial charge in [-0.3, -0.25) is 9.69 Å². The molecule has 158 valence electrons. The molecule has 1 fully saturated rings. The summed E-state index contributed by atoms with van der Waals surface area (Å²) in [4.78, 5) is 16.0. The Bertz CT molecular complexity index is 867. The number of rotatable bonds is 7. The van der Waals surface area contributed by atoms with Crippen molar-refractivity contribution < 1.29 is 9.53 Å². The van der Waals surface area contributed by atoms with Crippen molar-refractivity contribution in [3.05, 3.63) is 77.4 Å². The first-order chi connectivity index (χ1) is 14.7. The zero-order valence-corrected chi connectivity index (χ0v) is 17.8. The second-order valence-electron chi connectivity index (χ2n) is 8.36. The summed E-state index contributed by atoms with van der Waals surface area (Å²) >= 11 is 0. The summed E-state index contributed by atoms with van der Waals surface area (Å²) in [5, 5.41) is 0. The van der Waals surface area contributed by atoms with Crippen LogP contribution in [0.2, 0.25) is 0 Å². The normalized spacial score (nSPS) is 16.7. The molecule has 0 unspecified atom stereocenters. The van der Waals surface area contributed by atoms with Gasteiger partial charge in [0.2, 0.25) is 5.91 Å². The van der Waals surface area contributed by atoms with E-state index in [1.807, 2.05) is 4.90 Å². The number of piperazine rings is 1. The lowest BCUT2D eigenvalue weighted by Gasteiger charge is -2.34. The van der Waals surface area contributed by atoms with Crippen LogP contribution in [-0.2, 0) is 30.6 Å². The Morgan fingerprint density at radius 2 is 1.63 bits per heavy atom. The van der Waals surface area contributed by atoms with Gasteiger partial charge in [0, 0.05) is 39.1 Å². The van der Waals surface area contributed by atoms with Crippen LogP contribution in [0.25, 0.3) is 0 Å². The predicted octanol–water partition coefficient (Wildman–Crippen LogP) is 4.02. The number of benzene rings is 2. The first kappa shape index (κ1) is 20.7. The number of ether oxygens (including phenoxy) is 1. The highest BCUT2D eigenvalue weighted by Crippen LogP contribution is 2.25. The molecule has 4 heteroatoms. The monoisotopic (exact) mass is 404 g/mol. The number of hydrogen-bond acceptors (Lipinski definition) is 3. The van der Waals surface area contributed by atoms with E-state index in [1.165, 1.54) is 54.0 Å². The van der Waals surface area contributed by atoms with E-state index in [1.54, 1.807) is 0 Å². The minimum absolute atomic E-state index is 0.0385. The fraction of sp³-hybridized carbons (Fsp3) is 0.423. The van der Waals surface area contributed by atoms with Gasteiger partial charge in [0.05, 0.1) is 6.61 Å². The highest BCUT2D eigenvalue weighted by molar-refractivity contribution is 5.87. The summed E-state index contributed by atoms with van der Waals surface area (Å²) < 4.78 is 6.02. The number of fused-ring (bicyclic) bond motifs is 1. The van der Waals surface area contributed by atoms with Crippen molar-refractivity contribution in [2.45, 2.75) is 38.6 Å². The van der Waals surface area contributed by atoms with Gasteiger partial charge in [0.25, 0.3) is 0 Å². The van der Waals surface area contributed by atoms with Gasteiger partial charge in [-0.2, -0.15) is 0 Å². The molecule has 0 saturated carbocycles. The second kappa shape index (κ2) is 9.94. The lowest BCUT2D eigenvalue weighted by atomic mass is 9.92. The lowest BCUT2D eigenvalue weighted by Crippen LogP contribution is -2.47. The van der Waals surface area contributed by atoms with Crippen molar-refractivity contribution >= 4 is 5.91 Å². The quantitative estimate of drug-likeness (QED) is 0.654. The van der Waals surface area contributed by atoms with Crippen LogP contribution < -0.4 is 4.74 Å². The SMILES string of the molecule is C=CC(=O)N1CCN(Cc2ccc(CCOc3ccc4c(c3)CCCC4)cc2)CC1. The minimum Gasteiger partial charge on any atom is -0.493 e.